The zero-order chi connectivity index (χ0) is 14.7. The monoisotopic (exact) mass is 316 g/mol. The SMILES string of the molecule is COc1cc(C(Cl)C(=O)O)cc(Cl)c1C1CCCCC1. The first-order valence-electron chi connectivity index (χ1n) is 6.78. The zero-order valence-electron chi connectivity index (χ0n) is 11.4. The molecule has 110 valence electrons. The molecule has 1 aromatic rings. The molecular formula is C15H18Cl2O3. The van der Waals surface area contributed by atoms with E-state index in [1.165, 1.54) is 19.3 Å². The average Bonchev–Trinajstić information content (AvgIpc) is 2.46. The van der Waals surface area contributed by atoms with E-state index in [0.29, 0.717) is 22.3 Å². The number of hydrogen-bond donors (Lipinski definition) is 1. The number of halogens is 2. The van der Waals surface area contributed by atoms with E-state index in [-0.39, 0.29) is 0 Å². The highest BCUT2D eigenvalue weighted by atomic mass is 35.5. The van der Waals surface area contributed by atoms with Gasteiger partial charge in [-0.25, -0.2) is 0 Å². The highest BCUT2D eigenvalue weighted by Gasteiger charge is 2.25. The molecule has 3 nitrogen and oxygen atoms in total. The van der Waals surface area contributed by atoms with E-state index in [0.717, 1.165) is 18.4 Å². The topological polar surface area (TPSA) is 46.5 Å². The lowest BCUT2D eigenvalue weighted by molar-refractivity contribution is -0.136. The third-order valence-corrected chi connectivity index (χ3v) is 4.61. The number of benzene rings is 1. The molecule has 0 amide bonds. The third-order valence-electron chi connectivity index (χ3n) is 3.86. The second-order valence-electron chi connectivity index (χ2n) is 5.15. The summed E-state index contributed by atoms with van der Waals surface area (Å²) in [6.07, 6.45) is 5.84. The van der Waals surface area contributed by atoms with Gasteiger partial charge in [0, 0.05) is 10.6 Å². The fourth-order valence-corrected chi connectivity index (χ4v) is 3.36. The maximum Gasteiger partial charge on any atom is 0.326 e. The lowest BCUT2D eigenvalue weighted by Crippen LogP contribution is -2.10. The normalized spacial score (nSPS) is 17.8. The first-order chi connectivity index (χ1) is 9.54. The van der Waals surface area contributed by atoms with Gasteiger partial charge in [0.2, 0.25) is 0 Å². The molecule has 0 radical (unpaired) electrons. The fraction of sp³-hybridized carbons (Fsp3) is 0.533. The van der Waals surface area contributed by atoms with Crippen LogP contribution in [0.2, 0.25) is 5.02 Å². The summed E-state index contributed by atoms with van der Waals surface area (Å²) in [6, 6.07) is 3.35. The van der Waals surface area contributed by atoms with E-state index in [4.69, 9.17) is 33.0 Å². The second kappa shape index (κ2) is 6.68. The minimum Gasteiger partial charge on any atom is -0.496 e. The average molecular weight is 317 g/mol. The number of carboxylic acid groups (broad SMARTS) is 1. The van der Waals surface area contributed by atoms with E-state index in [9.17, 15) is 4.79 Å². The highest BCUT2D eigenvalue weighted by molar-refractivity contribution is 6.32. The van der Waals surface area contributed by atoms with Crippen LogP contribution in [0.1, 0.15) is 54.5 Å². The van der Waals surface area contributed by atoms with E-state index in [1.54, 1.807) is 19.2 Å². The van der Waals surface area contributed by atoms with Crippen molar-refractivity contribution in [2.45, 2.75) is 43.4 Å². The van der Waals surface area contributed by atoms with Crippen LogP contribution in [0.25, 0.3) is 0 Å². The van der Waals surface area contributed by atoms with Crippen molar-refractivity contribution in [1.82, 2.24) is 0 Å². The number of aliphatic carboxylic acids is 1. The summed E-state index contributed by atoms with van der Waals surface area (Å²) >= 11 is 12.2. The molecule has 1 aliphatic rings. The van der Waals surface area contributed by atoms with Gasteiger partial charge in [0.15, 0.2) is 5.38 Å². The van der Waals surface area contributed by atoms with Crippen LogP contribution in [-0.4, -0.2) is 18.2 Å². The largest absolute Gasteiger partial charge is 0.496 e. The Balaban J connectivity index is 2.40. The smallest absolute Gasteiger partial charge is 0.326 e. The minimum absolute atomic E-state index is 0.388. The summed E-state index contributed by atoms with van der Waals surface area (Å²) in [5.41, 5.74) is 1.45. The predicted molar refractivity (Wildman–Crippen MR) is 80.1 cm³/mol. The molecule has 1 atom stereocenters. The van der Waals surface area contributed by atoms with Crippen LogP contribution in [0.4, 0.5) is 0 Å². The zero-order valence-corrected chi connectivity index (χ0v) is 12.9. The molecule has 0 bridgehead atoms. The van der Waals surface area contributed by atoms with Crippen LogP contribution in [-0.2, 0) is 4.79 Å². The standard InChI is InChI=1S/C15H18Cl2O3/c1-20-12-8-10(14(17)15(18)19)7-11(16)13(12)9-5-3-2-4-6-9/h7-9,14H,2-6H2,1H3,(H,18,19). The molecule has 0 spiro atoms. The van der Waals surface area contributed by atoms with Crippen LogP contribution >= 0.6 is 23.2 Å². The highest BCUT2D eigenvalue weighted by Crippen LogP contribution is 2.43. The van der Waals surface area contributed by atoms with Crippen molar-refractivity contribution in [3.05, 3.63) is 28.3 Å². The Hall–Kier alpha value is -0.930. The Bertz CT molecular complexity index is 496. The molecule has 2 rings (SSSR count). The summed E-state index contributed by atoms with van der Waals surface area (Å²) in [7, 11) is 1.58. The number of methoxy groups -OCH3 is 1. The van der Waals surface area contributed by atoms with Gasteiger partial charge in [0.25, 0.3) is 0 Å². The molecule has 1 N–H and O–H groups in total. The third kappa shape index (κ3) is 3.21. The van der Waals surface area contributed by atoms with Crippen molar-refractivity contribution in [3.8, 4) is 5.75 Å². The first-order valence-corrected chi connectivity index (χ1v) is 7.60. The van der Waals surface area contributed by atoms with Crippen molar-refractivity contribution >= 4 is 29.2 Å². The summed E-state index contributed by atoms with van der Waals surface area (Å²) < 4.78 is 5.41. The summed E-state index contributed by atoms with van der Waals surface area (Å²) in [5.74, 6) is -0.0552. The minimum atomic E-state index is -1.11. The number of hydrogen-bond acceptors (Lipinski definition) is 2. The van der Waals surface area contributed by atoms with Gasteiger partial charge >= 0.3 is 5.97 Å². The van der Waals surface area contributed by atoms with Crippen molar-refractivity contribution in [1.29, 1.82) is 0 Å². The first kappa shape index (κ1) is 15.5. The van der Waals surface area contributed by atoms with E-state index >= 15 is 0 Å². The van der Waals surface area contributed by atoms with E-state index in [2.05, 4.69) is 0 Å². The molecular weight excluding hydrogens is 299 g/mol. The van der Waals surface area contributed by atoms with Gasteiger partial charge in [0.05, 0.1) is 7.11 Å². The summed E-state index contributed by atoms with van der Waals surface area (Å²) in [4.78, 5) is 11.0. The van der Waals surface area contributed by atoms with Gasteiger partial charge in [-0.2, -0.15) is 0 Å². The lowest BCUT2D eigenvalue weighted by atomic mass is 9.83. The van der Waals surface area contributed by atoms with Gasteiger partial charge in [0.1, 0.15) is 5.75 Å². The van der Waals surface area contributed by atoms with Gasteiger partial charge < -0.3 is 9.84 Å². The Labute approximate surface area is 128 Å². The Morgan fingerprint density at radius 3 is 2.55 bits per heavy atom. The lowest BCUT2D eigenvalue weighted by Gasteiger charge is -2.25. The van der Waals surface area contributed by atoms with Gasteiger partial charge in [-0.05, 0) is 36.5 Å². The van der Waals surface area contributed by atoms with Crippen LogP contribution in [0.5, 0.6) is 5.75 Å². The molecule has 20 heavy (non-hydrogen) atoms. The second-order valence-corrected chi connectivity index (χ2v) is 6.00. The van der Waals surface area contributed by atoms with Crippen LogP contribution in [0.15, 0.2) is 12.1 Å². The Kier molecular flexibility index (Phi) is 5.17. The molecule has 0 aliphatic heterocycles. The molecule has 5 heteroatoms. The number of rotatable bonds is 4. The van der Waals surface area contributed by atoms with Crippen LogP contribution < -0.4 is 4.74 Å². The number of carboxylic acids is 1. The number of alkyl halides is 1. The number of carbonyl (C=O) groups is 1. The Morgan fingerprint density at radius 2 is 2.00 bits per heavy atom. The molecule has 1 saturated carbocycles. The molecule has 1 fully saturated rings. The molecule has 1 aliphatic carbocycles. The van der Waals surface area contributed by atoms with Crippen molar-refractivity contribution in [3.63, 3.8) is 0 Å². The van der Waals surface area contributed by atoms with Crippen LogP contribution in [0, 0.1) is 0 Å². The van der Waals surface area contributed by atoms with E-state index in [1.807, 2.05) is 0 Å². The molecule has 0 heterocycles. The van der Waals surface area contributed by atoms with Gasteiger partial charge in [-0.3, -0.25) is 4.79 Å². The predicted octanol–water partition coefficient (Wildman–Crippen LogP) is 4.76. The maximum atomic E-state index is 11.0. The van der Waals surface area contributed by atoms with Crippen LogP contribution in [0.3, 0.4) is 0 Å². The Morgan fingerprint density at radius 1 is 1.35 bits per heavy atom. The van der Waals surface area contributed by atoms with Gasteiger partial charge in [-0.15, -0.1) is 11.6 Å². The maximum absolute atomic E-state index is 11.0. The molecule has 0 aromatic heterocycles. The molecule has 0 saturated heterocycles. The van der Waals surface area contributed by atoms with Crippen molar-refractivity contribution in [2.24, 2.45) is 0 Å². The summed E-state index contributed by atoms with van der Waals surface area (Å²) in [6.45, 7) is 0. The summed E-state index contributed by atoms with van der Waals surface area (Å²) in [5, 5.41) is 8.44. The quantitative estimate of drug-likeness (QED) is 0.814. The van der Waals surface area contributed by atoms with Crippen molar-refractivity contribution < 1.29 is 14.6 Å². The fourth-order valence-electron chi connectivity index (χ4n) is 2.86. The van der Waals surface area contributed by atoms with Crippen molar-refractivity contribution in [2.75, 3.05) is 7.11 Å². The molecule has 1 unspecified atom stereocenters. The number of ether oxygens (including phenoxy) is 1. The molecule has 1 aromatic carbocycles. The van der Waals surface area contributed by atoms with E-state index < -0.39 is 11.3 Å². The van der Waals surface area contributed by atoms with Gasteiger partial charge in [-0.1, -0.05) is 30.9 Å².